The second-order valence-electron chi connectivity index (χ2n) is 8.74. The predicted octanol–water partition coefficient (Wildman–Crippen LogP) is 4.50. The van der Waals surface area contributed by atoms with Crippen molar-refractivity contribution in [1.82, 2.24) is 24.9 Å². The minimum Gasteiger partial charge on any atom is -0.356 e. The maximum atomic E-state index is 12.9. The standard InChI is InChI=1S/C21H28F3N5O/c22-21(23,24)19-27-20-25-11-10-17(29(20)28-19)16-8-6-15(7-9-16)13-26-18(30)12-14-4-2-1-3-5-14/h10-11,14-16H,1-9,12-13H2,(H,26,30). The number of hydrogen-bond donors (Lipinski definition) is 1. The van der Waals surface area contributed by atoms with Crippen molar-refractivity contribution in [3.05, 3.63) is 23.8 Å². The van der Waals surface area contributed by atoms with E-state index in [0.717, 1.165) is 44.2 Å². The molecule has 2 aliphatic carbocycles. The number of halogens is 3. The fourth-order valence-corrected chi connectivity index (χ4v) is 4.89. The van der Waals surface area contributed by atoms with Crippen molar-refractivity contribution < 1.29 is 18.0 Å². The maximum Gasteiger partial charge on any atom is 0.453 e. The molecule has 0 aromatic carbocycles. The molecule has 9 heteroatoms. The summed E-state index contributed by atoms with van der Waals surface area (Å²) in [6.45, 7) is 0.686. The van der Waals surface area contributed by atoms with Gasteiger partial charge in [-0.1, -0.05) is 19.3 Å². The lowest BCUT2D eigenvalue weighted by atomic mass is 9.80. The van der Waals surface area contributed by atoms with Crippen LogP contribution in [0, 0.1) is 11.8 Å². The lowest BCUT2D eigenvalue weighted by molar-refractivity contribution is -0.144. The summed E-state index contributed by atoms with van der Waals surface area (Å²) in [7, 11) is 0. The van der Waals surface area contributed by atoms with E-state index in [4.69, 9.17) is 0 Å². The van der Waals surface area contributed by atoms with Crippen LogP contribution in [0.3, 0.4) is 0 Å². The van der Waals surface area contributed by atoms with Gasteiger partial charge in [-0.3, -0.25) is 4.79 Å². The zero-order valence-corrected chi connectivity index (χ0v) is 17.0. The number of hydrogen-bond acceptors (Lipinski definition) is 4. The largest absolute Gasteiger partial charge is 0.453 e. The first-order chi connectivity index (χ1) is 14.4. The van der Waals surface area contributed by atoms with E-state index in [9.17, 15) is 18.0 Å². The number of amides is 1. The molecule has 2 fully saturated rings. The Balaban J connectivity index is 1.30. The van der Waals surface area contributed by atoms with Crippen molar-refractivity contribution in [1.29, 1.82) is 0 Å². The Morgan fingerprint density at radius 2 is 1.80 bits per heavy atom. The van der Waals surface area contributed by atoms with Crippen LogP contribution in [-0.2, 0) is 11.0 Å². The van der Waals surface area contributed by atoms with Crippen LogP contribution in [0.2, 0.25) is 0 Å². The van der Waals surface area contributed by atoms with Gasteiger partial charge in [-0.05, 0) is 56.4 Å². The molecule has 4 rings (SSSR count). The summed E-state index contributed by atoms with van der Waals surface area (Å²) in [6.07, 6.45) is 7.20. The van der Waals surface area contributed by atoms with E-state index in [2.05, 4.69) is 20.4 Å². The van der Waals surface area contributed by atoms with E-state index in [1.165, 1.54) is 30.0 Å². The number of rotatable bonds is 5. The van der Waals surface area contributed by atoms with Gasteiger partial charge < -0.3 is 5.32 Å². The fraction of sp³-hybridized carbons (Fsp3) is 0.714. The molecule has 0 aliphatic heterocycles. The number of aromatic nitrogens is 4. The molecule has 1 N–H and O–H groups in total. The van der Waals surface area contributed by atoms with Gasteiger partial charge >= 0.3 is 6.18 Å². The molecular formula is C21H28F3N5O. The molecule has 2 aromatic rings. The molecule has 2 heterocycles. The first kappa shape index (κ1) is 21.1. The Bertz CT molecular complexity index is 867. The van der Waals surface area contributed by atoms with Gasteiger partial charge in [0, 0.05) is 25.1 Å². The molecule has 2 saturated carbocycles. The number of fused-ring (bicyclic) bond motifs is 1. The van der Waals surface area contributed by atoms with Crippen LogP contribution in [-0.4, -0.2) is 32.0 Å². The highest BCUT2D eigenvalue weighted by atomic mass is 19.4. The third-order valence-corrected chi connectivity index (χ3v) is 6.58. The second kappa shape index (κ2) is 8.89. The topological polar surface area (TPSA) is 72.2 Å². The van der Waals surface area contributed by atoms with Crippen LogP contribution in [0.5, 0.6) is 0 Å². The van der Waals surface area contributed by atoms with Gasteiger partial charge in [0.05, 0.1) is 5.69 Å². The van der Waals surface area contributed by atoms with Crippen LogP contribution < -0.4 is 5.32 Å². The average Bonchev–Trinajstić information content (AvgIpc) is 3.19. The van der Waals surface area contributed by atoms with Crippen molar-refractivity contribution in [3.63, 3.8) is 0 Å². The summed E-state index contributed by atoms with van der Waals surface area (Å²) < 4.78 is 40.1. The number of alkyl halides is 3. The van der Waals surface area contributed by atoms with Gasteiger partial charge in [0.25, 0.3) is 11.6 Å². The molecule has 6 nitrogen and oxygen atoms in total. The Hall–Kier alpha value is -2.19. The van der Waals surface area contributed by atoms with E-state index in [-0.39, 0.29) is 17.6 Å². The number of carbonyl (C=O) groups is 1. The maximum absolute atomic E-state index is 12.9. The molecule has 164 valence electrons. The van der Waals surface area contributed by atoms with Crippen LogP contribution in [0.4, 0.5) is 13.2 Å². The van der Waals surface area contributed by atoms with E-state index >= 15 is 0 Å². The normalized spacial score (nSPS) is 23.6. The van der Waals surface area contributed by atoms with E-state index in [1.54, 1.807) is 6.07 Å². The quantitative estimate of drug-likeness (QED) is 0.768. The van der Waals surface area contributed by atoms with Crippen molar-refractivity contribution in [3.8, 4) is 0 Å². The van der Waals surface area contributed by atoms with Crippen LogP contribution >= 0.6 is 0 Å². The van der Waals surface area contributed by atoms with Crippen LogP contribution in [0.1, 0.15) is 81.6 Å². The molecule has 30 heavy (non-hydrogen) atoms. The molecule has 1 amide bonds. The number of nitrogens with one attached hydrogen (secondary N) is 1. The van der Waals surface area contributed by atoms with Crippen molar-refractivity contribution in [2.45, 2.75) is 76.3 Å². The summed E-state index contributed by atoms with van der Waals surface area (Å²) in [5, 5.41) is 6.76. The smallest absolute Gasteiger partial charge is 0.356 e. The molecule has 2 aliphatic rings. The third-order valence-electron chi connectivity index (χ3n) is 6.58. The second-order valence-corrected chi connectivity index (χ2v) is 8.74. The number of nitrogens with zero attached hydrogens (tertiary/aromatic N) is 4. The lowest BCUT2D eigenvalue weighted by Crippen LogP contribution is -2.32. The average molecular weight is 423 g/mol. The zero-order valence-electron chi connectivity index (χ0n) is 17.0. The van der Waals surface area contributed by atoms with Gasteiger partial charge in [-0.25, -0.2) is 9.50 Å². The Labute approximate surface area is 173 Å². The molecular weight excluding hydrogens is 395 g/mol. The van der Waals surface area contributed by atoms with Gasteiger partial charge in [-0.2, -0.15) is 18.2 Å². The van der Waals surface area contributed by atoms with E-state index < -0.39 is 12.0 Å². The minimum absolute atomic E-state index is 0.0167. The van der Waals surface area contributed by atoms with Crippen LogP contribution in [0.15, 0.2) is 12.3 Å². The first-order valence-electron chi connectivity index (χ1n) is 11.0. The molecule has 0 unspecified atom stereocenters. The Morgan fingerprint density at radius 1 is 1.07 bits per heavy atom. The summed E-state index contributed by atoms with van der Waals surface area (Å²) in [5.74, 6) is 0.0478. The van der Waals surface area contributed by atoms with Gasteiger partial charge in [0.1, 0.15) is 0 Å². The molecule has 0 atom stereocenters. The first-order valence-corrected chi connectivity index (χ1v) is 11.0. The zero-order chi connectivity index (χ0) is 21.1. The number of carbonyl (C=O) groups excluding carboxylic acids is 1. The molecule has 2 aromatic heterocycles. The van der Waals surface area contributed by atoms with E-state index in [0.29, 0.717) is 24.8 Å². The Morgan fingerprint density at radius 3 is 2.50 bits per heavy atom. The molecule has 0 spiro atoms. The SMILES string of the molecule is O=C(CC1CCCCC1)NCC1CCC(c2ccnc3nc(C(F)(F)F)nn23)CC1. The van der Waals surface area contributed by atoms with Crippen molar-refractivity contribution in [2.24, 2.45) is 11.8 Å². The van der Waals surface area contributed by atoms with Crippen molar-refractivity contribution >= 4 is 11.7 Å². The fourth-order valence-electron chi connectivity index (χ4n) is 4.89. The van der Waals surface area contributed by atoms with Gasteiger partial charge in [0.2, 0.25) is 5.91 Å². The highest BCUT2D eigenvalue weighted by Crippen LogP contribution is 2.36. The molecule has 0 radical (unpaired) electrons. The van der Waals surface area contributed by atoms with Crippen molar-refractivity contribution in [2.75, 3.05) is 6.54 Å². The highest BCUT2D eigenvalue weighted by Gasteiger charge is 2.37. The van der Waals surface area contributed by atoms with Gasteiger partial charge in [-0.15, -0.1) is 5.10 Å². The molecule has 0 saturated heterocycles. The van der Waals surface area contributed by atoms with Crippen LogP contribution in [0.25, 0.3) is 5.78 Å². The summed E-state index contributed by atoms with van der Waals surface area (Å²) in [5.41, 5.74) is 0.725. The van der Waals surface area contributed by atoms with E-state index in [1.807, 2.05) is 0 Å². The van der Waals surface area contributed by atoms with Gasteiger partial charge in [0.15, 0.2) is 0 Å². The Kier molecular flexibility index (Phi) is 6.24. The monoisotopic (exact) mass is 423 g/mol. The third kappa shape index (κ3) is 4.92. The minimum atomic E-state index is -4.58. The predicted molar refractivity (Wildman–Crippen MR) is 105 cm³/mol. The summed E-state index contributed by atoms with van der Waals surface area (Å²) in [6, 6.07) is 1.73. The highest BCUT2D eigenvalue weighted by molar-refractivity contribution is 5.76. The lowest BCUT2D eigenvalue weighted by Gasteiger charge is -2.29. The summed E-state index contributed by atoms with van der Waals surface area (Å²) in [4.78, 5) is 19.7. The summed E-state index contributed by atoms with van der Waals surface area (Å²) >= 11 is 0. The molecule has 0 bridgehead atoms.